The number of nitrogens with zero attached hydrogens (tertiary/aromatic N) is 4. The predicted octanol–water partition coefficient (Wildman–Crippen LogP) is 3.68. The Balaban J connectivity index is 1.51. The maximum Gasteiger partial charge on any atom is 0.256 e. The summed E-state index contributed by atoms with van der Waals surface area (Å²) >= 11 is 0. The summed E-state index contributed by atoms with van der Waals surface area (Å²) < 4.78 is 6.88. The van der Waals surface area contributed by atoms with E-state index in [0.717, 1.165) is 6.42 Å². The van der Waals surface area contributed by atoms with Crippen molar-refractivity contribution in [2.75, 3.05) is 19.0 Å². The summed E-state index contributed by atoms with van der Waals surface area (Å²) in [6.45, 7) is 4.08. The molecule has 4 aromatic rings. The third-order valence-electron chi connectivity index (χ3n) is 5.44. The molecule has 1 unspecified atom stereocenters. The molecular weight excluding hydrogens is 432 g/mol. The number of carbonyl (C=O) groups is 2. The monoisotopic (exact) mass is 458 g/mol. The predicted molar refractivity (Wildman–Crippen MR) is 129 cm³/mol. The van der Waals surface area contributed by atoms with E-state index in [1.54, 1.807) is 35.1 Å². The number of rotatable bonds is 8. The summed E-state index contributed by atoms with van der Waals surface area (Å²) in [5.74, 6) is 0.505. The third-order valence-corrected chi connectivity index (χ3v) is 5.44. The van der Waals surface area contributed by atoms with Crippen molar-refractivity contribution in [1.29, 1.82) is 0 Å². The van der Waals surface area contributed by atoms with E-state index in [2.05, 4.69) is 44.8 Å². The highest BCUT2D eigenvalue weighted by molar-refractivity contribution is 5.97. The number of amides is 2. The van der Waals surface area contributed by atoms with E-state index in [1.807, 2.05) is 18.2 Å². The second-order valence-corrected chi connectivity index (χ2v) is 7.97. The van der Waals surface area contributed by atoms with Gasteiger partial charge in [0, 0.05) is 25.2 Å². The van der Waals surface area contributed by atoms with Gasteiger partial charge in [0.05, 0.1) is 19.0 Å². The van der Waals surface area contributed by atoms with E-state index in [0.29, 0.717) is 40.7 Å². The number of nitrogens with one attached hydrogen (secondary N) is 2. The standard InChI is InChI=1S/C25H26N6O3/c1-16(18-7-5-4-6-8-18)11-12-26-24(33)20-13-19(14-27-25(20)34-3)21-9-10-23-29-22(28-17(2)32)15-31(23)30-21/h4-10,13-16H,11-12H2,1-3H3,(H,26,33)(H,28,32). The lowest BCUT2D eigenvalue weighted by Gasteiger charge is -2.13. The van der Waals surface area contributed by atoms with Gasteiger partial charge in [-0.2, -0.15) is 5.10 Å². The number of pyridine rings is 1. The van der Waals surface area contributed by atoms with Crippen molar-refractivity contribution in [2.45, 2.75) is 26.2 Å². The molecule has 0 aliphatic rings. The molecule has 0 spiro atoms. The van der Waals surface area contributed by atoms with Gasteiger partial charge in [0.2, 0.25) is 11.8 Å². The molecular formula is C25H26N6O3. The number of methoxy groups -OCH3 is 1. The zero-order valence-corrected chi connectivity index (χ0v) is 19.3. The molecule has 0 saturated carbocycles. The van der Waals surface area contributed by atoms with Crippen LogP contribution in [0.2, 0.25) is 0 Å². The summed E-state index contributed by atoms with van der Waals surface area (Å²) in [4.78, 5) is 32.8. The minimum absolute atomic E-state index is 0.211. The molecule has 0 aliphatic carbocycles. The zero-order chi connectivity index (χ0) is 24.1. The molecule has 1 aromatic carbocycles. The van der Waals surface area contributed by atoms with Gasteiger partial charge in [-0.3, -0.25) is 9.59 Å². The first-order valence-corrected chi connectivity index (χ1v) is 11.0. The molecule has 2 amide bonds. The van der Waals surface area contributed by atoms with Crippen molar-refractivity contribution >= 4 is 23.3 Å². The van der Waals surface area contributed by atoms with Crippen LogP contribution in [0, 0.1) is 0 Å². The number of aromatic nitrogens is 4. The molecule has 9 nitrogen and oxygen atoms in total. The molecule has 34 heavy (non-hydrogen) atoms. The minimum atomic E-state index is -0.261. The van der Waals surface area contributed by atoms with Crippen LogP contribution in [-0.4, -0.2) is 45.1 Å². The minimum Gasteiger partial charge on any atom is -0.480 e. The molecule has 0 aliphatic heterocycles. The molecule has 174 valence electrons. The Morgan fingerprint density at radius 1 is 1.15 bits per heavy atom. The van der Waals surface area contributed by atoms with Crippen LogP contribution >= 0.6 is 0 Å². The molecule has 0 radical (unpaired) electrons. The fourth-order valence-electron chi connectivity index (χ4n) is 3.64. The van der Waals surface area contributed by atoms with E-state index in [4.69, 9.17) is 4.74 Å². The van der Waals surface area contributed by atoms with Crippen LogP contribution in [0.25, 0.3) is 16.9 Å². The van der Waals surface area contributed by atoms with E-state index in [9.17, 15) is 9.59 Å². The van der Waals surface area contributed by atoms with Gasteiger partial charge < -0.3 is 15.4 Å². The number of anilines is 1. The van der Waals surface area contributed by atoms with Crippen LogP contribution < -0.4 is 15.4 Å². The summed E-state index contributed by atoms with van der Waals surface area (Å²) in [6.07, 6.45) is 4.03. The van der Waals surface area contributed by atoms with Crippen molar-refractivity contribution in [1.82, 2.24) is 24.9 Å². The SMILES string of the molecule is COc1ncc(-c2ccc3nc(NC(C)=O)cn3n2)cc1C(=O)NCCC(C)c1ccccc1. The molecule has 3 aromatic heterocycles. The number of ether oxygens (including phenoxy) is 1. The molecule has 1 atom stereocenters. The number of benzene rings is 1. The van der Waals surface area contributed by atoms with Crippen LogP contribution in [0.15, 0.2) is 60.9 Å². The van der Waals surface area contributed by atoms with Crippen LogP contribution in [-0.2, 0) is 4.79 Å². The van der Waals surface area contributed by atoms with Gasteiger partial charge in [-0.1, -0.05) is 37.3 Å². The highest BCUT2D eigenvalue weighted by atomic mass is 16.5. The van der Waals surface area contributed by atoms with Gasteiger partial charge >= 0.3 is 0 Å². The number of imidazole rings is 1. The molecule has 0 fully saturated rings. The Morgan fingerprint density at radius 2 is 1.94 bits per heavy atom. The van der Waals surface area contributed by atoms with Gasteiger partial charge in [-0.05, 0) is 36.1 Å². The third kappa shape index (κ3) is 5.20. The lowest BCUT2D eigenvalue weighted by Crippen LogP contribution is -2.26. The summed E-state index contributed by atoms with van der Waals surface area (Å²) in [5.41, 5.74) is 3.40. The van der Waals surface area contributed by atoms with Crippen LogP contribution in [0.4, 0.5) is 5.82 Å². The number of hydrogen-bond donors (Lipinski definition) is 2. The Bertz CT molecular complexity index is 1320. The molecule has 4 rings (SSSR count). The summed E-state index contributed by atoms with van der Waals surface area (Å²) in [6, 6.07) is 15.5. The fraction of sp³-hybridized carbons (Fsp3) is 0.240. The van der Waals surface area contributed by atoms with Crippen LogP contribution in [0.3, 0.4) is 0 Å². The molecule has 0 bridgehead atoms. The molecule has 9 heteroatoms. The van der Waals surface area contributed by atoms with Gasteiger partial charge in [-0.15, -0.1) is 0 Å². The highest BCUT2D eigenvalue weighted by Gasteiger charge is 2.17. The van der Waals surface area contributed by atoms with Crippen molar-refractivity contribution in [2.24, 2.45) is 0 Å². The Kier molecular flexibility index (Phi) is 6.82. The van der Waals surface area contributed by atoms with Crippen LogP contribution in [0.5, 0.6) is 5.88 Å². The Morgan fingerprint density at radius 3 is 2.68 bits per heavy atom. The van der Waals surface area contributed by atoms with E-state index >= 15 is 0 Å². The maximum absolute atomic E-state index is 12.9. The number of carbonyl (C=O) groups excluding carboxylic acids is 2. The Labute approximate surface area is 197 Å². The fourth-order valence-corrected chi connectivity index (χ4v) is 3.64. The van der Waals surface area contributed by atoms with Gasteiger partial charge in [-0.25, -0.2) is 14.5 Å². The van der Waals surface area contributed by atoms with E-state index in [-0.39, 0.29) is 17.7 Å². The average molecular weight is 459 g/mol. The maximum atomic E-state index is 12.9. The van der Waals surface area contributed by atoms with E-state index in [1.165, 1.54) is 19.6 Å². The topological polar surface area (TPSA) is 111 Å². The van der Waals surface area contributed by atoms with Crippen LogP contribution in [0.1, 0.15) is 42.1 Å². The quantitative estimate of drug-likeness (QED) is 0.417. The average Bonchev–Trinajstić information content (AvgIpc) is 3.24. The van der Waals surface area contributed by atoms with Gasteiger partial charge in [0.25, 0.3) is 5.91 Å². The first-order valence-electron chi connectivity index (χ1n) is 11.0. The van der Waals surface area contributed by atoms with Crippen molar-refractivity contribution in [3.8, 4) is 17.1 Å². The zero-order valence-electron chi connectivity index (χ0n) is 19.3. The Hall–Kier alpha value is -4.27. The second kappa shape index (κ2) is 10.1. The lowest BCUT2D eigenvalue weighted by molar-refractivity contribution is -0.114. The lowest BCUT2D eigenvalue weighted by atomic mass is 9.98. The first-order chi connectivity index (χ1) is 16.4. The smallest absolute Gasteiger partial charge is 0.256 e. The molecule has 2 N–H and O–H groups in total. The summed E-state index contributed by atoms with van der Waals surface area (Å²) in [7, 11) is 1.48. The molecule has 0 saturated heterocycles. The first kappa shape index (κ1) is 22.9. The highest BCUT2D eigenvalue weighted by Crippen LogP contribution is 2.24. The number of hydrogen-bond acceptors (Lipinski definition) is 6. The normalized spacial score (nSPS) is 11.7. The largest absolute Gasteiger partial charge is 0.480 e. The van der Waals surface area contributed by atoms with Crippen molar-refractivity contribution in [3.63, 3.8) is 0 Å². The van der Waals surface area contributed by atoms with Crippen molar-refractivity contribution < 1.29 is 14.3 Å². The second-order valence-electron chi connectivity index (χ2n) is 7.97. The molecule has 3 heterocycles. The summed E-state index contributed by atoms with van der Waals surface area (Å²) in [5, 5.41) is 10.1. The van der Waals surface area contributed by atoms with Crippen molar-refractivity contribution in [3.05, 3.63) is 72.1 Å². The number of fused-ring (bicyclic) bond motifs is 1. The van der Waals surface area contributed by atoms with Gasteiger partial charge in [0.15, 0.2) is 11.5 Å². The van der Waals surface area contributed by atoms with Gasteiger partial charge in [0.1, 0.15) is 5.56 Å². The van der Waals surface area contributed by atoms with E-state index < -0.39 is 0 Å².